The molecule has 3 rings (SSSR count). The average molecular weight is 538 g/mol. The Morgan fingerprint density at radius 2 is 1.81 bits per heavy atom. The molecule has 2 N–H and O–H groups in total. The number of halogens is 2. The van der Waals surface area contributed by atoms with Crippen molar-refractivity contribution in [3.63, 3.8) is 0 Å². The lowest BCUT2D eigenvalue weighted by atomic mass is 10.1. The highest BCUT2D eigenvalue weighted by atomic mass is 79.9. The van der Waals surface area contributed by atoms with Crippen molar-refractivity contribution in [3.05, 3.63) is 87.4 Å². The number of rotatable bonds is 8. The minimum absolute atomic E-state index is 0.0880. The van der Waals surface area contributed by atoms with Crippen LogP contribution >= 0.6 is 27.5 Å². The zero-order valence-corrected chi connectivity index (χ0v) is 20.6. The van der Waals surface area contributed by atoms with E-state index in [0.29, 0.717) is 22.0 Å². The van der Waals surface area contributed by atoms with Crippen LogP contribution in [0.4, 0.5) is 5.69 Å². The van der Waals surface area contributed by atoms with Gasteiger partial charge in [0.15, 0.2) is 6.61 Å². The van der Waals surface area contributed by atoms with Crippen LogP contribution in [0.25, 0.3) is 0 Å². The lowest BCUT2D eigenvalue weighted by molar-refractivity contribution is -0.123. The van der Waals surface area contributed by atoms with Crippen LogP contribution < -0.4 is 14.8 Å². The summed E-state index contributed by atoms with van der Waals surface area (Å²) in [6, 6.07) is 18.3. The van der Waals surface area contributed by atoms with E-state index in [2.05, 4.69) is 26.0 Å². The highest BCUT2D eigenvalue weighted by Gasteiger charge is 2.17. The number of carbonyl (C=O) groups is 1. The first kappa shape index (κ1) is 24.1. The first-order chi connectivity index (χ1) is 15.1. The smallest absolute Gasteiger partial charge is 0.261 e. The number of carbonyl (C=O) groups excluding carboxylic acids is 1. The Labute approximate surface area is 201 Å². The van der Waals surface area contributed by atoms with Crippen molar-refractivity contribution in [1.29, 1.82) is 0 Å². The predicted octanol–water partition coefficient (Wildman–Crippen LogP) is 5.47. The second-order valence-electron chi connectivity index (χ2n) is 7.17. The maximum atomic E-state index is 12.6. The van der Waals surface area contributed by atoms with Gasteiger partial charge in [-0.2, -0.15) is 0 Å². The summed E-state index contributed by atoms with van der Waals surface area (Å²) in [6.07, 6.45) is 0. The van der Waals surface area contributed by atoms with Crippen LogP contribution in [0, 0.1) is 6.92 Å². The quantitative estimate of drug-likeness (QED) is 0.399. The Kier molecular flexibility index (Phi) is 7.82. The van der Waals surface area contributed by atoms with E-state index in [1.54, 1.807) is 31.2 Å². The highest BCUT2D eigenvalue weighted by Crippen LogP contribution is 2.24. The first-order valence-electron chi connectivity index (χ1n) is 9.71. The van der Waals surface area contributed by atoms with Crippen molar-refractivity contribution in [2.45, 2.75) is 24.8 Å². The van der Waals surface area contributed by atoms with Gasteiger partial charge in [0.05, 0.1) is 10.9 Å². The zero-order valence-electron chi connectivity index (χ0n) is 17.4. The van der Waals surface area contributed by atoms with Crippen LogP contribution in [0.5, 0.6) is 5.75 Å². The predicted molar refractivity (Wildman–Crippen MR) is 130 cm³/mol. The molecule has 0 saturated heterocycles. The molecule has 0 saturated carbocycles. The monoisotopic (exact) mass is 536 g/mol. The van der Waals surface area contributed by atoms with Gasteiger partial charge in [0, 0.05) is 15.2 Å². The van der Waals surface area contributed by atoms with E-state index in [1.165, 1.54) is 18.2 Å². The van der Waals surface area contributed by atoms with E-state index in [0.717, 1.165) is 10.0 Å². The average Bonchev–Trinajstić information content (AvgIpc) is 2.74. The zero-order chi connectivity index (χ0) is 23.3. The van der Waals surface area contributed by atoms with E-state index in [9.17, 15) is 13.2 Å². The molecule has 0 aliphatic heterocycles. The molecule has 0 aliphatic rings. The third kappa shape index (κ3) is 6.48. The Morgan fingerprint density at radius 3 is 2.47 bits per heavy atom. The molecule has 0 aliphatic carbocycles. The number of nitrogens with one attached hydrogen (secondary N) is 2. The van der Waals surface area contributed by atoms with Crippen molar-refractivity contribution in [1.82, 2.24) is 5.32 Å². The van der Waals surface area contributed by atoms with Gasteiger partial charge >= 0.3 is 0 Å². The van der Waals surface area contributed by atoms with Crippen molar-refractivity contribution in [2.75, 3.05) is 11.3 Å². The molecule has 1 amide bonds. The van der Waals surface area contributed by atoms with Gasteiger partial charge < -0.3 is 10.1 Å². The van der Waals surface area contributed by atoms with Gasteiger partial charge in [-0.3, -0.25) is 9.52 Å². The molecule has 1 unspecified atom stereocenters. The fourth-order valence-electron chi connectivity index (χ4n) is 2.97. The number of ether oxygens (including phenoxy) is 1. The number of amides is 1. The lowest BCUT2D eigenvalue weighted by Gasteiger charge is -2.16. The second kappa shape index (κ2) is 10.4. The summed E-state index contributed by atoms with van der Waals surface area (Å²) in [5.41, 5.74) is 1.96. The van der Waals surface area contributed by atoms with E-state index in [1.807, 2.05) is 31.2 Å². The molecule has 9 heteroatoms. The Hall–Kier alpha value is -2.55. The molecule has 0 spiro atoms. The van der Waals surface area contributed by atoms with Crippen LogP contribution in [-0.4, -0.2) is 20.9 Å². The van der Waals surface area contributed by atoms with E-state index >= 15 is 0 Å². The molecular weight excluding hydrogens is 516 g/mol. The van der Waals surface area contributed by atoms with Gasteiger partial charge in [-0.15, -0.1) is 0 Å². The largest absolute Gasteiger partial charge is 0.484 e. The van der Waals surface area contributed by atoms with Gasteiger partial charge in [-0.05, 0) is 79.6 Å². The van der Waals surface area contributed by atoms with Gasteiger partial charge in [0.2, 0.25) is 0 Å². The maximum Gasteiger partial charge on any atom is 0.261 e. The molecule has 6 nitrogen and oxygen atoms in total. The van der Waals surface area contributed by atoms with Crippen LogP contribution in [0.1, 0.15) is 24.1 Å². The van der Waals surface area contributed by atoms with Gasteiger partial charge in [-0.25, -0.2) is 8.42 Å². The van der Waals surface area contributed by atoms with Gasteiger partial charge in [0.25, 0.3) is 15.9 Å². The van der Waals surface area contributed by atoms with E-state index < -0.39 is 10.0 Å². The summed E-state index contributed by atoms with van der Waals surface area (Å²) in [4.78, 5) is 12.4. The number of hydrogen-bond donors (Lipinski definition) is 2. The van der Waals surface area contributed by atoms with Crippen molar-refractivity contribution >= 4 is 49.1 Å². The number of anilines is 1. The Balaban J connectivity index is 1.61. The molecular formula is C23H22BrClN2O4S. The summed E-state index contributed by atoms with van der Waals surface area (Å²) in [5.74, 6) is 0.152. The fourth-order valence-corrected chi connectivity index (χ4v) is 4.66. The molecule has 168 valence electrons. The molecule has 3 aromatic rings. The number of hydrogen-bond acceptors (Lipinski definition) is 4. The molecule has 0 radical (unpaired) electrons. The molecule has 32 heavy (non-hydrogen) atoms. The van der Waals surface area contributed by atoms with Crippen LogP contribution in [0.3, 0.4) is 0 Å². The van der Waals surface area contributed by atoms with Crippen molar-refractivity contribution in [2.24, 2.45) is 0 Å². The minimum atomic E-state index is -3.78. The Morgan fingerprint density at radius 1 is 1.09 bits per heavy atom. The van der Waals surface area contributed by atoms with Crippen LogP contribution in [0.2, 0.25) is 5.02 Å². The summed E-state index contributed by atoms with van der Waals surface area (Å²) in [6.45, 7) is 3.42. The molecule has 0 aromatic heterocycles. The fraction of sp³-hybridized carbons (Fsp3) is 0.174. The summed E-state index contributed by atoms with van der Waals surface area (Å²) in [7, 11) is -3.78. The topological polar surface area (TPSA) is 84.5 Å². The molecule has 3 aromatic carbocycles. The van der Waals surface area contributed by atoms with Gasteiger partial charge in [-0.1, -0.05) is 39.7 Å². The molecule has 0 fully saturated rings. The third-order valence-electron chi connectivity index (χ3n) is 4.64. The van der Waals surface area contributed by atoms with E-state index in [4.69, 9.17) is 16.3 Å². The van der Waals surface area contributed by atoms with Gasteiger partial charge in [0.1, 0.15) is 5.75 Å². The summed E-state index contributed by atoms with van der Waals surface area (Å²) in [5, 5.41) is 3.39. The standard InChI is InChI=1S/C23H22BrClN2O4S/c1-15-12-21(32(29,30)27-20-8-6-19(25)7-9-20)10-11-22(15)31-14-23(28)26-16(2)17-4-3-5-18(24)13-17/h3-13,16,27H,14H2,1-2H3,(H,26,28). The second-order valence-corrected chi connectivity index (χ2v) is 10.2. The summed E-state index contributed by atoms with van der Waals surface area (Å²) < 4.78 is 34.3. The highest BCUT2D eigenvalue weighted by molar-refractivity contribution is 9.10. The lowest BCUT2D eigenvalue weighted by Crippen LogP contribution is -2.31. The van der Waals surface area contributed by atoms with Crippen LogP contribution in [-0.2, 0) is 14.8 Å². The molecule has 0 heterocycles. The van der Waals surface area contributed by atoms with E-state index in [-0.39, 0.29) is 23.5 Å². The minimum Gasteiger partial charge on any atom is -0.484 e. The van der Waals surface area contributed by atoms with Crippen molar-refractivity contribution in [3.8, 4) is 5.75 Å². The Bertz CT molecular complexity index is 1220. The van der Waals surface area contributed by atoms with Crippen molar-refractivity contribution < 1.29 is 17.9 Å². The first-order valence-corrected chi connectivity index (χ1v) is 12.4. The number of benzene rings is 3. The molecule has 0 bridgehead atoms. The third-order valence-corrected chi connectivity index (χ3v) is 6.76. The maximum absolute atomic E-state index is 12.6. The van der Waals surface area contributed by atoms with Crippen LogP contribution in [0.15, 0.2) is 76.1 Å². The summed E-state index contributed by atoms with van der Waals surface area (Å²) >= 11 is 9.25. The SMILES string of the molecule is Cc1cc(S(=O)(=O)Nc2ccc(Cl)cc2)ccc1OCC(=O)NC(C)c1cccc(Br)c1. The number of sulfonamides is 1. The molecule has 1 atom stereocenters. The number of aryl methyl sites for hydroxylation is 1. The normalized spacial score (nSPS) is 12.1.